The van der Waals surface area contributed by atoms with Gasteiger partial charge in [0.2, 0.25) is 5.95 Å². The molecule has 1 fully saturated rings. The van der Waals surface area contributed by atoms with E-state index in [-0.39, 0.29) is 5.91 Å². The van der Waals surface area contributed by atoms with Crippen molar-refractivity contribution in [3.8, 4) is 0 Å². The highest BCUT2D eigenvalue weighted by atomic mass is 79.9. The molecule has 4 rings (SSSR count). The summed E-state index contributed by atoms with van der Waals surface area (Å²) in [6.45, 7) is 4.75. The molecule has 1 aliphatic rings. The van der Waals surface area contributed by atoms with Crippen LogP contribution < -0.4 is 4.90 Å². The van der Waals surface area contributed by atoms with Gasteiger partial charge in [0.05, 0.1) is 5.69 Å². The summed E-state index contributed by atoms with van der Waals surface area (Å²) in [6.07, 6.45) is 6.11. The molecule has 3 aromatic rings. The van der Waals surface area contributed by atoms with E-state index >= 15 is 0 Å². The fraction of sp³-hybridized carbons (Fsp3) is 0.333. The Bertz CT molecular complexity index is 934. The Hall–Kier alpha value is -2.48. The fourth-order valence-corrected chi connectivity index (χ4v) is 3.59. The number of anilines is 1. The Kier molecular flexibility index (Phi) is 4.58. The SMILES string of the molecule is CCc1nc2ccc(Br)cn2c1C(=O)N1CCN(c2ncccn2)CC1. The number of aromatic nitrogens is 4. The Morgan fingerprint density at radius 3 is 2.58 bits per heavy atom. The maximum atomic E-state index is 13.2. The second-order valence-electron chi connectivity index (χ2n) is 6.16. The summed E-state index contributed by atoms with van der Waals surface area (Å²) in [5.74, 6) is 0.744. The normalized spacial score (nSPS) is 14.8. The van der Waals surface area contributed by atoms with Crippen LogP contribution in [-0.4, -0.2) is 56.3 Å². The van der Waals surface area contributed by atoms with Gasteiger partial charge in [-0.3, -0.25) is 9.20 Å². The van der Waals surface area contributed by atoms with E-state index in [1.165, 1.54) is 0 Å². The Morgan fingerprint density at radius 1 is 1.15 bits per heavy atom. The zero-order valence-corrected chi connectivity index (χ0v) is 16.1. The summed E-state index contributed by atoms with van der Waals surface area (Å²) in [5.41, 5.74) is 2.29. The van der Waals surface area contributed by atoms with Crippen molar-refractivity contribution in [2.45, 2.75) is 13.3 Å². The first kappa shape index (κ1) is 17.0. The summed E-state index contributed by atoms with van der Waals surface area (Å²) in [4.78, 5) is 30.4. The number of fused-ring (bicyclic) bond motifs is 1. The summed E-state index contributed by atoms with van der Waals surface area (Å²) in [5, 5.41) is 0. The number of carbonyl (C=O) groups excluding carboxylic acids is 1. The summed E-state index contributed by atoms with van der Waals surface area (Å²) < 4.78 is 2.81. The number of aryl methyl sites for hydroxylation is 1. The molecule has 7 nitrogen and oxygen atoms in total. The van der Waals surface area contributed by atoms with Crippen molar-refractivity contribution >= 4 is 33.4 Å². The van der Waals surface area contributed by atoms with Gasteiger partial charge in [-0.05, 0) is 40.5 Å². The molecule has 0 aromatic carbocycles. The van der Waals surface area contributed by atoms with Crippen LogP contribution in [0, 0.1) is 0 Å². The van der Waals surface area contributed by atoms with Gasteiger partial charge in [-0.25, -0.2) is 15.0 Å². The fourth-order valence-electron chi connectivity index (χ4n) is 3.25. The predicted octanol–water partition coefficient (Wildman–Crippen LogP) is 2.41. The van der Waals surface area contributed by atoms with E-state index in [2.05, 4.69) is 35.8 Å². The molecular weight excluding hydrogens is 396 g/mol. The van der Waals surface area contributed by atoms with Gasteiger partial charge in [0.25, 0.3) is 5.91 Å². The van der Waals surface area contributed by atoms with Gasteiger partial charge in [-0.15, -0.1) is 0 Å². The molecule has 8 heteroatoms. The Morgan fingerprint density at radius 2 is 1.88 bits per heavy atom. The van der Waals surface area contributed by atoms with E-state index in [4.69, 9.17) is 0 Å². The van der Waals surface area contributed by atoms with Crippen LogP contribution in [0.25, 0.3) is 5.65 Å². The van der Waals surface area contributed by atoms with Crippen LogP contribution in [0.15, 0.2) is 41.3 Å². The maximum absolute atomic E-state index is 13.2. The molecule has 1 aliphatic heterocycles. The smallest absolute Gasteiger partial charge is 0.272 e. The van der Waals surface area contributed by atoms with Gasteiger partial charge >= 0.3 is 0 Å². The Labute approximate surface area is 159 Å². The van der Waals surface area contributed by atoms with Crippen LogP contribution in [0.5, 0.6) is 0 Å². The first-order valence-electron chi connectivity index (χ1n) is 8.65. The first-order chi connectivity index (χ1) is 12.7. The lowest BCUT2D eigenvalue weighted by atomic mass is 10.2. The van der Waals surface area contributed by atoms with Crippen LogP contribution in [0.3, 0.4) is 0 Å². The van der Waals surface area contributed by atoms with Gasteiger partial charge in [-0.2, -0.15) is 0 Å². The number of carbonyl (C=O) groups is 1. The molecule has 0 N–H and O–H groups in total. The molecule has 0 radical (unpaired) electrons. The minimum atomic E-state index is 0.0288. The lowest BCUT2D eigenvalue weighted by Crippen LogP contribution is -2.49. The molecule has 0 aliphatic carbocycles. The van der Waals surface area contributed by atoms with Gasteiger partial charge in [0.1, 0.15) is 11.3 Å². The average molecular weight is 415 g/mol. The van der Waals surface area contributed by atoms with E-state index in [1.807, 2.05) is 34.6 Å². The van der Waals surface area contributed by atoms with Crippen molar-refractivity contribution in [2.24, 2.45) is 0 Å². The maximum Gasteiger partial charge on any atom is 0.272 e. The molecule has 26 heavy (non-hydrogen) atoms. The van der Waals surface area contributed by atoms with Crippen molar-refractivity contribution in [3.63, 3.8) is 0 Å². The van der Waals surface area contributed by atoms with E-state index in [9.17, 15) is 4.79 Å². The minimum Gasteiger partial charge on any atom is -0.337 e. The number of imidazole rings is 1. The zero-order chi connectivity index (χ0) is 18.1. The summed E-state index contributed by atoms with van der Waals surface area (Å²) in [7, 11) is 0. The molecule has 1 amide bonds. The standard InChI is InChI=1S/C18H19BrN6O/c1-2-14-16(25-12-13(19)4-5-15(25)22-14)17(26)23-8-10-24(11-9-23)18-20-6-3-7-21-18/h3-7,12H,2,8-11H2,1H3. The zero-order valence-electron chi connectivity index (χ0n) is 14.5. The third-order valence-electron chi connectivity index (χ3n) is 4.59. The number of hydrogen-bond donors (Lipinski definition) is 0. The molecule has 0 unspecified atom stereocenters. The first-order valence-corrected chi connectivity index (χ1v) is 9.44. The van der Waals surface area contributed by atoms with E-state index in [0.29, 0.717) is 24.7 Å². The van der Waals surface area contributed by atoms with Crippen molar-refractivity contribution in [1.82, 2.24) is 24.3 Å². The monoisotopic (exact) mass is 414 g/mol. The third kappa shape index (κ3) is 3.05. The van der Waals surface area contributed by atoms with E-state index in [1.54, 1.807) is 18.5 Å². The number of rotatable bonds is 3. The highest BCUT2D eigenvalue weighted by Gasteiger charge is 2.27. The number of amides is 1. The van der Waals surface area contributed by atoms with E-state index in [0.717, 1.165) is 35.3 Å². The molecule has 1 saturated heterocycles. The predicted molar refractivity (Wildman–Crippen MR) is 102 cm³/mol. The van der Waals surface area contributed by atoms with Crippen LogP contribution in [0.2, 0.25) is 0 Å². The second kappa shape index (κ2) is 7.03. The number of nitrogens with zero attached hydrogens (tertiary/aromatic N) is 6. The quantitative estimate of drug-likeness (QED) is 0.658. The third-order valence-corrected chi connectivity index (χ3v) is 5.06. The molecule has 0 bridgehead atoms. The van der Waals surface area contributed by atoms with Crippen LogP contribution in [0.1, 0.15) is 23.1 Å². The topological polar surface area (TPSA) is 66.6 Å². The van der Waals surface area contributed by atoms with Crippen LogP contribution >= 0.6 is 15.9 Å². The molecular formula is C18H19BrN6O. The molecule has 4 heterocycles. The molecule has 134 valence electrons. The van der Waals surface area contributed by atoms with Gasteiger partial charge in [0, 0.05) is 49.2 Å². The minimum absolute atomic E-state index is 0.0288. The van der Waals surface area contributed by atoms with Crippen molar-refractivity contribution < 1.29 is 4.79 Å². The second-order valence-corrected chi connectivity index (χ2v) is 7.08. The highest BCUT2D eigenvalue weighted by Crippen LogP contribution is 2.20. The number of halogens is 1. The highest BCUT2D eigenvalue weighted by molar-refractivity contribution is 9.10. The number of piperazine rings is 1. The van der Waals surface area contributed by atoms with Gasteiger partial charge in [-0.1, -0.05) is 6.92 Å². The van der Waals surface area contributed by atoms with Crippen molar-refractivity contribution in [1.29, 1.82) is 0 Å². The molecule has 0 spiro atoms. The lowest BCUT2D eigenvalue weighted by molar-refractivity contribution is 0.0738. The lowest BCUT2D eigenvalue weighted by Gasteiger charge is -2.34. The number of pyridine rings is 1. The van der Waals surface area contributed by atoms with E-state index < -0.39 is 0 Å². The van der Waals surface area contributed by atoms with Crippen molar-refractivity contribution in [3.05, 3.63) is 52.7 Å². The number of hydrogen-bond acceptors (Lipinski definition) is 5. The molecule has 0 atom stereocenters. The largest absolute Gasteiger partial charge is 0.337 e. The molecule has 0 saturated carbocycles. The van der Waals surface area contributed by atoms with Gasteiger partial charge in [0.15, 0.2) is 0 Å². The van der Waals surface area contributed by atoms with Crippen LogP contribution in [-0.2, 0) is 6.42 Å². The average Bonchev–Trinajstić information content (AvgIpc) is 3.06. The summed E-state index contributed by atoms with van der Waals surface area (Å²) in [6, 6.07) is 5.66. The van der Waals surface area contributed by atoms with Gasteiger partial charge < -0.3 is 9.80 Å². The summed E-state index contributed by atoms with van der Waals surface area (Å²) >= 11 is 3.48. The van der Waals surface area contributed by atoms with Crippen LogP contribution in [0.4, 0.5) is 5.95 Å². The Balaban J connectivity index is 1.57. The van der Waals surface area contributed by atoms with Crippen molar-refractivity contribution in [2.75, 3.05) is 31.1 Å². The molecule has 3 aromatic heterocycles.